The largest absolute Gasteiger partial charge is 0.322 e. The fourth-order valence-electron chi connectivity index (χ4n) is 3.81. The predicted molar refractivity (Wildman–Crippen MR) is 120 cm³/mol. The number of rotatable bonds is 4. The standard InChI is InChI=1S/C26H24N2O/c1-18-14-19(2)16-22(15-18)27-26(29)24-17-25(21-10-6-4-7-11-21)28(20(24)3)23-12-8-5-9-13-23/h4-17H,1-3H3,(H,27,29). The highest BCUT2D eigenvalue weighted by molar-refractivity contribution is 6.06. The number of carbonyl (C=O) groups is 1. The van der Waals surface area contributed by atoms with Crippen LogP contribution in [0, 0.1) is 20.8 Å². The van der Waals surface area contributed by atoms with Crippen molar-refractivity contribution in [2.75, 3.05) is 5.32 Å². The summed E-state index contributed by atoms with van der Waals surface area (Å²) < 4.78 is 2.14. The van der Waals surface area contributed by atoms with Gasteiger partial charge in [0.1, 0.15) is 0 Å². The number of nitrogens with one attached hydrogen (secondary N) is 1. The lowest BCUT2D eigenvalue weighted by Gasteiger charge is -2.12. The third-order valence-corrected chi connectivity index (χ3v) is 5.06. The summed E-state index contributed by atoms with van der Waals surface area (Å²) in [6.07, 6.45) is 0. The minimum atomic E-state index is -0.0978. The van der Waals surface area contributed by atoms with Crippen LogP contribution in [-0.2, 0) is 0 Å². The first-order chi connectivity index (χ1) is 14.0. The van der Waals surface area contributed by atoms with E-state index in [2.05, 4.69) is 40.2 Å². The zero-order valence-corrected chi connectivity index (χ0v) is 16.9. The number of para-hydroxylation sites is 1. The van der Waals surface area contributed by atoms with Crippen molar-refractivity contribution in [1.29, 1.82) is 0 Å². The lowest BCUT2D eigenvalue weighted by Crippen LogP contribution is -2.13. The molecule has 0 fully saturated rings. The number of hydrogen-bond donors (Lipinski definition) is 1. The van der Waals surface area contributed by atoms with Gasteiger partial charge in [0.15, 0.2) is 0 Å². The van der Waals surface area contributed by atoms with Crippen LogP contribution in [0.1, 0.15) is 27.2 Å². The van der Waals surface area contributed by atoms with E-state index in [9.17, 15) is 4.79 Å². The molecule has 0 saturated carbocycles. The predicted octanol–water partition coefficient (Wildman–Crippen LogP) is 6.32. The molecule has 0 bridgehead atoms. The van der Waals surface area contributed by atoms with Crippen LogP contribution < -0.4 is 5.32 Å². The zero-order valence-electron chi connectivity index (χ0n) is 16.9. The molecule has 1 N–H and O–H groups in total. The second-order valence-electron chi connectivity index (χ2n) is 7.40. The van der Waals surface area contributed by atoms with E-state index in [-0.39, 0.29) is 5.91 Å². The molecule has 0 aliphatic heterocycles. The first-order valence-corrected chi connectivity index (χ1v) is 9.76. The monoisotopic (exact) mass is 380 g/mol. The molecular weight excluding hydrogens is 356 g/mol. The van der Waals surface area contributed by atoms with E-state index < -0.39 is 0 Å². The first-order valence-electron chi connectivity index (χ1n) is 9.76. The Morgan fingerprint density at radius 2 is 1.34 bits per heavy atom. The molecule has 0 aliphatic rings. The van der Waals surface area contributed by atoms with E-state index in [1.807, 2.05) is 75.4 Å². The normalized spacial score (nSPS) is 10.7. The molecule has 1 aromatic heterocycles. The summed E-state index contributed by atoms with van der Waals surface area (Å²) in [5.74, 6) is -0.0978. The lowest BCUT2D eigenvalue weighted by atomic mass is 10.1. The summed E-state index contributed by atoms with van der Waals surface area (Å²) in [6.45, 7) is 6.07. The van der Waals surface area contributed by atoms with Gasteiger partial charge in [-0.15, -0.1) is 0 Å². The number of benzene rings is 3. The van der Waals surface area contributed by atoms with Gasteiger partial charge >= 0.3 is 0 Å². The van der Waals surface area contributed by atoms with Gasteiger partial charge in [0.05, 0.1) is 11.3 Å². The van der Waals surface area contributed by atoms with Gasteiger partial charge in [-0.05, 0) is 67.8 Å². The van der Waals surface area contributed by atoms with Gasteiger partial charge in [0.2, 0.25) is 0 Å². The van der Waals surface area contributed by atoms with Gasteiger partial charge in [0, 0.05) is 17.1 Å². The Morgan fingerprint density at radius 1 is 0.759 bits per heavy atom. The van der Waals surface area contributed by atoms with Crippen molar-refractivity contribution >= 4 is 11.6 Å². The number of amides is 1. The minimum Gasteiger partial charge on any atom is -0.322 e. The Bertz CT molecular complexity index is 1140. The van der Waals surface area contributed by atoms with E-state index in [4.69, 9.17) is 0 Å². The summed E-state index contributed by atoms with van der Waals surface area (Å²) in [6, 6.07) is 28.4. The smallest absolute Gasteiger partial charge is 0.257 e. The summed E-state index contributed by atoms with van der Waals surface area (Å²) in [5.41, 5.74) is 7.77. The Kier molecular flexibility index (Phi) is 5.05. The van der Waals surface area contributed by atoms with Gasteiger partial charge in [0.25, 0.3) is 5.91 Å². The number of aromatic nitrogens is 1. The van der Waals surface area contributed by atoms with E-state index >= 15 is 0 Å². The maximum Gasteiger partial charge on any atom is 0.257 e. The van der Waals surface area contributed by atoms with Gasteiger partial charge in [-0.1, -0.05) is 54.6 Å². The van der Waals surface area contributed by atoms with Crippen molar-refractivity contribution in [3.63, 3.8) is 0 Å². The average molecular weight is 380 g/mol. The van der Waals surface area contributed by atoms with Crippen molar-refractivity contribution in [2.24, 2.45) is 0 Å². The zero-order chi connectivity index (χ0) is 20.4. The quantitative estimate of drug-likeness (QED) is 0.441. The van der Waals surface area contributed by atoms with Crippen LogP contribution in [0.5, 0.6) is 0 Å². The summed E-state index contributed by atoms with van der Waals surface area (Å²) >= 11 is 0. The topological polar surface area (TPSA) is 34.0 Å². The Labute approximate surface area is 171 Å². The van der Waals surface area contributed by atoms with Crippen LogP contribution in [-0.4, -0.2) is 10.5 Å². The minimum absolute atomic E-state index is 0.0978. The molecule has 29 heavy (non-hydrogen) atoms. The van der Waals surface area contributed by atoms with Crippen molar-refractivity contribution < 1.29 is 4.79 Å². The SMILES string of the molecule is Cc1cc(C)cc(NC(=O)c2cc(-c3ccccc3)n(-c3ccccc3)c2C)c1. The van der Waals surface area contributed by atoms with Crippen LogP contribution in [0.15, 0.2) is 84.9 Å². The number of carbonyl (C=O) groups excluding carboxylic acids is 1. The molecule has 1 amide bonds. The second kappa shape index (κ2) is 7.80. The molecule has 0 atom stereocenters. The third kappa shape index (κ3) is 3.85. The Hall–Kier alpha value is -3.59. The summed E-state index contributed by atoms with van der Waals surface area (Å²) in [4.78, 5) is 13.2. The molecule has 3 nitrogen and oxygen atoms in total. The third-order valence-electron chi connectivity index (χ3n) is 5.06. The molecule has 1 heterocycles. The highest BCUT2D eigenvalue weighted by Gasteiger charge is 2.19. The van der Waals surface area contributed by atoms with Crippen LogP contribution in [0.4, 0.5) is 5.69 Å². The molecule has 0 unspecified atom stereocenters. The molecule has 3 aromatic carbocycles. The molecule has 0 saturated heterocycles. The van der Waals surface area contributed by atoms with E-state index in [0.717, 1.165) is 39.5 Å². The molecule has 0 radical (unpaired) electrons. The van der Waals surface area contributed by atoms with E-state index in [1.54, 1.807) is 0 Å². The number of anilines is 1. The summed E-state index contributed by atoms with van der Waals surface area (Å²) in [5, 5.41) is 3.07. The highest BCUT2D eigenvalue weighted by Crippen LogP contribution is 2.30. The first kappa shape index (κ1) is 18.8. The molecular formula is C26H24N2O. The number of aryl methyl sites for hydroxylation is 2. The summed E-state index contributed by atoms with van der Waals surface area (Å²) in [7, 11) is 0. The lowest BCUT2D eigenvalue weighted by molar-refractivity contribution is 0.102. The molecule has 0 spiro atoms. The second-order valence-corrected chi connectivity index (χ2v) is 7.40. The maximum atomic E-state index is 13.2. The molecule has 4 rings (SSSR count). The van der Waals surface area contributed by atoms with Crippen LogP contribution in [0.2, 0.25) is 0 Å². The Morgan fingerprint density at radius 3 is 1.97 bits per heavy atom. The maximum absolute atomic E-state index is 13.2. The van der Waals surface area contributed by atoms with Gasteiger partial charge in [-0.2, -0.15) is 0 Å². The van der Waals surface area contributed by atoms with Gasteiger partial charge < -0.3 is 9.88 Å². The van der Waals surface area contributed by atoms with Gasteiger partial charge in [-0.3, -0.25) is 4.79 Å². The number of hydrogen-bond acceptors (Lipinski definition) is 1. The van der Waals surface area contributed by atoms with Crippen LogP contribution in [0.3, 0.4) is 0 Å². The van der Waals surface area contributed by atoms with Crippen molar-refractivity contribution in [3.8, 4) is 16.9 Å². The van der Waals surface area contributed by atoms with E-state index in [0.29, 0.717) is 5.56 Å². The molecule has 144 valence electrons. The van der Waals surface area contributed by atoms with Crippen molar-refractivity contribution in [3.05, 3.63) is 107 Å². The molecule has 3 heteroatoms. The molecule has 0 aliphatic carbocycles. The average Bonchev–Trinajstić information content (AvgIpc) is 3.06. The Balaban J connectivity index is 1.80. The van der Waals surface area contributed by atoms with Crippen molar-refractivity contribution in [1.82, 2.24) is 4.57 Å². The van der Waals surface area contributed by atoms with Crippen molar-refractivity contribution in [2.45, 2.75) is 20.8 Å². The van der Waals surface area contributed by atoms with Crippen LogP contribution in [0.25, 0.3) is 16.9 Å². The van der Waals surface area contributed by atoms with E-state index in [1.165, 1.54) is 0 Å². The highest BCUT2D eigenvalue weighted by atomic mass is 16.1. The fourth-order valence-corrected chi connectivity index (χ4v) is 3.81. The number of nitrogens with zero attached hydrogens (tertiary/aromatic N) is 1. The van der Waals surface area contributed by atoms with Gasteiger partial charge in [-0.25, -0.2) is 0 Å². The fraction of sp³-hybridized carbons (Fsp3) is 0.115. The van der Waals surface area contributed by atoms with Crippen LogP contribution >= 0.6 is 0 Å². The molecule has 4 aromatic rings.